The van der Waals surface area contributed by atoms with E-state index in [0.29, 0.717) is 11.0 Å². The predicted octanol–water partition coefficient (Wildman–Crippen LogP) is 1.45. The third kappa shape index (κ3) is 4.02. The minimum atomic E-state index is -0.363. The summed E-state index contributed by atoms with van der Waals surface area (Å²) < 4.78 is 0. The molecule has 1 unspecified atom stereocenters. The van der Waals surface area contributed by atoms with Crippen molar-refractivity contribution in [2.24, 2.45) is 0 Å². The van der Waals surface area contributed by atoms with Gasteiger partial charge in [-0.25, -0.2) is 0 Å². The van der Waals surface area contributed by atoms with E-state index in [-0.39, 0.29) is 18.0 Å². The molecule has 0 bridgehead atoms. The lowest BCUT2D eigenvalue weighted by molar-refractivity contribution is -0.122. The molecule has 1 aromatic rings. The molecule has 0 aliphatic rings. The molecule has 1 heterocycles. The van der Waals surface area contributed by atoms with Crippen LogP contribution in [0.2, 0.25) is 5.15 Å². The van der Waals surface area contributed by atoms with Gasteiger partial charge in [-0.1, -0.05) is 11.6 Å². The fourth-order valence-electron chi connectivity index (χ4n) is 1.09. The molecule has 1 rings (SSSR count). The zero-order valence-electron chi connectivity index (χ0n) is 9.49. The van der Waals surface area contributed by atoms with E-state index in [9.17, 15) is 4.79 Å². The Labute approximate surface area is 99.6 Å². The maximum Gasteiger partial charge on any atom is 0.242 e. The highest BCUT2D eigenvalue weighted by Crippen LogP contribution is 2.07. The van der Waals surface area contributed by atoms with Gasteiger partial charge < -0.3 is 10.6 Å². The second kappa shape index (κ2) is 5.65. The van der Waals surface area contributed by atoms with Crippen molar-refractivity contribution in [2.45, 2.75) is 32.9 Å². The molecule has 16 heavy (non-hydrogen) atoms. The van der Waals surface area contributed by atoms with Gasteiger partial charge in [-0.2, -0.15) is 0 Å². The summed E-state index contributed by atoms with van der Waals surface area (Å²) in [5, 5.41) is 13.5. The summed E-state index contributed by atoms with van der Waals surface area (Å²) in [4.78, 5) is 11.6. The Morgan fingerprint density at radius 2 is 2.00 bits per heavy atom. The summed E-state index contributed by atoms with van der Waals surface area (Å²) in [6.07, 6.45) is 0. The van der Waals surface area contributed by atoms with Gasteiger partial charge in [-0.3, -0.25) is 4.79 Å². The highest BCUT2D eigenvalue weighted by molar-refractivity contribution is 6.29. The van der Waals surface area contributed by atoms with Gasteiger partial charge in [0.05, 0.1) is 0 Å². The molecule has 0 aliphatic heterocycles. The predicted molar refractivity (Wildman–Crippen MR) is 63.4 cm³/mol. The normalized spacial score (nSPS) is 12.3. The van der Waals surface area contributed by atoms with E-state index in [1.165, 1.54) is 0 Å². The van der Waals surface area contributed by atoms with Gasteiger partial charge in [-0.15, -0.1) is 10.2 Å². The second-order valence-corrected chi connectivity index (χ2v) is 4.16. The van der Waals surface area contributed by atoms with Crippen LogP contribution in [0.15, 0.2) is 12.1 Å². The summed E-state index contributed by atoms with van der Waals surface area (Å²) in [5.41, 5.74) is 0. The third-order valence-electron chi connectivity index (χ3n) is 1.82. The van der Waals surface area contributed by atoms with Crippen LogP contribution >= 0.6 is 11.6 Å². The molecule has 0 radical (unpaired) electrons. The van der Waals surface area contributed by atoms with Crippen LogP contribution in [-0.2, 0) is 4.79 Å². The molecule has 1 aromatic heterocycles. The minimum absolute atomic E-state index is 0.0771. The number of aromatic nitrogens is 2. The Kier molecular flexibility index (Phi) is 4.49. The van der Waals surface area contributed by atoms with Crippen LogP contribution in [0.3, 0.4) is 0 Å². The van der Waals surface area contributed by atoms with Gasteiger partial charge in [0.2, 0.25) is 5.91 Å². The fraction of sp³-hybridized carbons (Fsp3) is 0.500. The van der Waals surface area contributed by atoms with E-state index >= 15 is 0 Å². The van der Waals surface area contributed by atoms with Crippen molar-refractivity contribution in [3.8, 4) is 0 Å². The zero-order valence-corrected chi connectivity index (χ0v) is 10.2. The highest BCUT2D eigenvalue weighted by atomic mass is 35.5. The molecule has 88 valence electrons. The molecule has 5 nitrogen and oxygen atoms in total. The van der Waals surface area contributed by atoms with Crippen molar-refractivity contribution >= 4 is 23.3 Å². The number of nitrogens with one attached hydrogen (secondary N) is 2. The van der Waals surface area contributed by atoms with Gasteiger partial charge in [-0.05, 0) is 32.9 Å². The minimum Gasteiger partial charge on any atom is -0.357 e. The molecule has 0 aromatic carbocycles. The number of hydrogen-bond donors (Lipinski definition) is 2. The summed E-state index contributed by atoms with van der Waals surface area (Å²) >= 11 is 5.60. The standard InChI is InChI=1S/C10H15ClN4O/c1-6(2)12-10(16)7(3)13-9-5-4-8(11)14-15-9/h4-7H,1-3H3,(H,12,16)(H,13,15). The molecular formula is C10H15ClN4O. The molecular weight excluding hydrogens is 228 g/mol. The van der Waals surface area contributed by atoms with Crippen LogP contribution in [0, 0.1) is 0 Å². The molecule has 6 heteroatoms. The van der Waals surface area contributed by atoms with Crippen molar-refractivity contribution in [2.75, 3.05) is 5.32 Å². The molecule has 0 saturated heterocycles. The molecule has 0 fully saturated rings. The lowest BCUT2D eigenvalue weighted by Gasteiger charge is -2.15. The largest absolute Gasteiger partial charge is 0.357 e. The number of rotatable bonds is 4. The van der Waals surface area contributed by atoms with E-state index in [1.807, 2.05) is 13.8 Å². The zero-order chi connectivity index (χ0) is 12.1. The van der Waals surface area contributed by atoms with Crippen LogP contribution in [0.5, 0.6) is 0 Å². The van der Waals surface area contributed by atoms with Crippen molar-refractivity contribution in [3.05, 3.63) is 17.3 Å². The van der Waals surface area contributed by atoms with E-state index in [1.54, 1.807) is 19.1 Å². The van der Waals surface area contributed by atoms with Crippen LogP contribution in [0.25, 0.3) is 0 Å². The van der Waals surface area contributed by atoms with Crippen LogP contribution in [0.4, 0.5) is 5.82 Å². The Morgan fingerprint density at radius 1 is 1.31 bits per heavy atom. The van der Waals surface area contributed by atoms with Crippen molar-refractivity contribution in [1.82, 2.24) is 15.5 Å². The molecule has 0 aliphatic carbocycles. The first kappa shape index (κ1) is 12.7. The first-order valence-electron chi connectivity index (χ1n) is 5.05. The summed E-state index contributed by atoms with van der Waals surface area (Å²) in [5.74, 6) is 0.447. The Balaban J connectivity index is 2.53. The Bertz CT molecular complexity index is 352. The average molecular weight is 243 g/mol. The SMILES string of the molecule is CC(C)NC(=O)C(C)Nc1ccc(Cl)nn1. The maximum atomic E-state index is 11.6. The molecule has 0 saturated carbocycles. The quantitative estimate of drug-likeness (QED) is 0.839. The number of hydrogen-bond acceptors (Lipinski definition) is 4. The topological polar surface area (TPSA) is 66.9 Å². The molecule has 0 spiro atoms. The number of anilines is 1. The maximum absolute atomic E-state index is 11.6. The van der Waals surface area contributed by atoms with Gasteiger partial charge in [0.15, 0.2) is 5.15 Å². The van der Waals surface area contributed by atoms with Crippen LogP contribution in [0.1, 0.15) is 20.8 Å². The van der Waals surface area contributed by atoms with E-state index in [4.69, 9.17) is 11.6 Å². The van der Waals surface area contributed by atoms with Gasteiger partial charge in [0.1, 0.15) is 11.9 Å². The first-order chi connectivity index (χ1) is 7.49. The monoisotopic (exact) mass is 242 g/mol. The van der Waals surface area contributed by atoms with Gasteiger partial charge in [0.25, 0.3) is 0 Å². The van der Waals surface area contributed by atoms with E-state index < -0.39 is 0 Å². The van der Waals surface area contributed by atoms with E-state index in [0.717, 1.165) is 0 Å². The van der Waals surface area contributed by atoms with Crippen molar-refractivity contribution in [1.29, 1.82) is 0 Å². The number of carbonyl (C=O) groups is 1. The van der Waals surface area contributed by atoms with Crippen molar-refractivity contribution in [3.63, 3.8) is 0 Å². The summed E-state index contributed by atoms with van der Waals surface area (Å²) in [6.45, 7) is 5.58. The van der Waals surface area contributed by atoms with E-state index in [2.05, 4.69) is 20.8 Å². The van der Waals surface area contributed by atoms with Gasteiger partial charge >= 0.3 is 0 Å². The lowest BCUT2D eigenvalue weighted by Crippen LogP contribution is -2.41. The Morgan fingerprint density at radius 3 is 2.50 bits per heavy atom. The van der Waals surface area contributed by atoms with Crippen molar-refractivity contribution < 1.29 is 4.79 Å². The highest BCUT2D eigenvalue weighted by Gasteiger charge is 2.13. The summed E-state index contributed by atoms with van der Waals surface area (Å²) in [6, 6.07) is 3.05. The molecule has 1 atom stereocenters. The smallest absolute Gasteiger partial charge is 0.242 e. The van der Waals surface area contributed by atoms with Crippen LogP contribution < -0.4 is 10.6 Å². The first-order valence-corrected chi connectivity index (χ1v) is 5.43. The number of carbonyl (C=O) groups excluding carboxylic acids is 1. The lowest BCUT2D eigenvalue weighted by atomic mass is 10.3. The third-order valence-corrected chi connectivity index (χ3v) is 2.02. The average Bonchev–Trinajstić information content (AvgIpc) is 2.20. The van der Waals surface area contributed by atoms with Crippen LogP contribution in [-0.4, -0.2) is 28.2 Å². The molecule has 1 amide bonds. The molecule has 2 N–H and O–H groups in total. The second-order valence-electron chi connectivity index (χ2n) is 3.77. The summed E-state index contributed by atoms with van der Waals surface area (Å²) in [7, 11) is 0. The number of amides is 1. The Hall–Kier alpha value is -1.36. The van der Waals surface area contributed by atoms with Gasteiger partial charge in [0, 0.05) is 6.04 Å². The fourth-order valence-corrected chi connectivity index (χ4v) is 1.19. The number of nitrogens with zero attached hydrogens (tertiary/aromatic N) is 2. The number of halogens is 1.